The smallest absolute Gasteiger partial charge is 0.137 e. The molecule has 0 bridgehead atoms. The Hall–Kier alpha value is -1.39. The van der Waals surface area contributed by atoms with E-state index < -0.39 is 0 Å². The third-order valence-electron chi connectivity index (χ3n) is 1.28. The van der Waals surface area contributed by atoms with Gasteiger partial charge in [-0.05, 0) is 6.92 Å². The van der Waals surface area contributed by atoms with Crippen molar-refractivity contribution in [3.63, 3.8) is 0 Å². The first-order valence-electron chi connectivity index (χ1n) is 2.90. The molecule has 1 aromatic rings. The van der Waals surface area contributed by atoms with E-state index in [0.717, 1.165) is 0 Å². The number of aromatic nitrogens is 3. The van der Waals surface area contributed by atoms with Crippen molar-refractivity contribution in [1.82, 2.24) is 14.8 Å². The van der Waals surface area contributed by atoms with E-state index in [1.807, 2.05) is 0 Å². The summed E-state index contributed by atoms with van der Waals surface area (Å²) in [6.07, 6.45) is 2.95. The van der Waals surface area contributed by atoms with Crippen LogP contribution in [0.2, 0.25) is 0 Å². The van der Waals surface area contributed by atoms with Gasteiger partial charge in [-0.15, -0.1) is 0 Å². The van der Waals surface area contributed by atoms with E-state index in [9.17, 15) is 0 Å². The van der Waals surface area contributed by atoms with Crippen molar-refractivity contribution in [1.29, 1.82) is 5.41 Å². The Morgan fingerprint density at radius 3 is 2.90 bits per heavy atom. The lowest BCUT2D eigenvalue weighted by Gasteiger charge is -2.07. The highest BCUT2D eigenvalue weighted by Gasteiger charge is 2.06. The van der Waals surface area contributed by atoms with Gasteiger partial charge in [-0.2, -0.15) is 5.10 Å². The Morgan fingerprint density at radius 1 is 1.80 bits per heavy atom. The first kappa shape index (κ1) is 6.73. The van der Waals surface area contributed by atoms with Gasteiger partial charge in [0.15, 0.2) is 0 Å². The molecule has 54 valence electrons. The molecular formula is C5H9N5. The van der Waals surface area contributed by atoms with Crippen LogP contribution in [0.15, 0.2) is 12.7 Å². The molecule has 0 radical (unpaired) electrons. The van der Waals surface area contributed by atoms with Crippen molar-refractivity contribution in [2.45, 2.75) is 13.0 Å². The van der Waals surface area contributed by atoms with Crippen LogP contribution < -0.4 is 5.73 Å². The highest BCUT2D eigenvalue weighted by molar-refractivity contribution is 5.80. The van der Waals surface area contributed by atoms with Crippen LogP contribution in [-0.2, 0) is 0 Å². The number of nitrogens with zero attached hydrogens (tertiary/aromatic N) is 3. The molecule has 0 aliphatic carbocycles. The van der Waals surface area contributed by atoms with E-state index in [-0.39, 0.29) is 11.9 Å². The monoisotopic (exact) mass is 139 g/mol. The minimum absolute atomic E-state index is 0.0884. The number of nitrogens with one attached hydrogen (secondary N) is 1. The minimum atomic E-state index is -0.192. The van der Waals surface area contributed by atoms with Crippen molar-refractivity contribution in [3.8, 4) is 0 Å². The van der Waals surface area contributed by atoms with Crippen molar-refractivity contribution in [2.24, 2.45) is 5.73 Å². The summed E-state index contributed by atoms with van der Waals surface area (Å²) >= 11 is 0. The molecule has 5 nitrogen and oxygen atoms in total. The fraction of sp³-hybridized carbons (Fsp3) is 0.400. The Morgan fingerprint density at radius 2 is 2.50 bits per heavy atom. The van der Waals surface area contributed by atoms with Gasteiger partial charge in [0.25, 0.3) is 0 Å². The van der Waals surface area contributed by atoms with Crippen LogP contribution >= 0.6 is 0 Å². The molecule has 5 heteroatoms. The van der Waals surface area contributed by atoms with Gasteiger partial charge in [-0.3, -0.25) is 5.41 Å². The number of amidine groups is 1. The van der Waals surface area contributed by atoms with E-state index in [2.05, 4.69) is 10.1 Å². The van der Waals surface area contributed by atoms with Crippen LogP contribution in [0.3, 0.4) is 0 Å². The molecule has 0 amide bonds. The summed E-state index contributed by atoms with van der Waals surface area (Å²) in [6.45, 7) is 1.79. The number of rotatable bonds is 2. The third kappa shape index (κ3) is 1.12. The van der Waals surface area contributed by atoms with Gasteiger partial charge in [-0.25, -0.2) is 9.67 Å². The van der Waals surface area contributed by atoms with Crippen molar-refractivity contribution in [2.75, 3.05) is 0 Å². The van der Waals surface area contributed by atoms with Crippen LogP contribution in [0.5, 0.6) is 0 Å². The second-order valence-corrected chi connectivity index (χ2v) is 2.01. The molecule has 0 saturated heterocycles. The zero-order valence-corrected chi connectivity index (χ0v) is 5.65. The summed E-state index contributed by atoms with van der Waals surface area (Å²) in [6, 6.07) is -0.192. The molecule has 3 N–H and O–H groups in total. The zero-order chi connectivity index (χ0) is 7.56. The van der Waals surface area contributed by atoms with Crippen LogP contribution in [-0.4, -0.2) is 20.6 Å². The molecule has 0 saturated carbocycles. The van der Waals surface area contributed by atoms with Gasteiger partial charge >= 0.3 is 0 Å². The fourth-order valence-corrected chi connectivity index (χ4v) is 0.560. The largest absolute Gasteiger partial charge is 0.386 e. The predicted molar refractivity (Wildman–Crippen MR) is 36.6 cm³/mol. The molecule has 0 spiro atoms. The molecule has 0 aliphatic heterocycles. The van der Waals surface area contributed by atoms with Gasteiger partial charge in [-0.1, -0.05) is 0 Å². The van der Waals surface area contributed by atoms with Crippen molar-refractivity contribution in [3.05, 3.63) is 12.7 Å². The Labute approximate surface area is 58.4 Å². The predicted octanol–water partition coefficient (Wildman–Crippen LogP) is -0.225. The maximum Gasteiger partial charge on any atom is 0.137 e. The highest BCUT2D eigenvalue weighted by Crippen LogP contribution is 1.98. The number of hydrogen-bond donors (Lipinski definition) is 2. The molecule has 1 rings (SSSR count). The summed E-state index contributed by atoms with van der Waals surface area (Å²) in [4.78, 5) is 3.73. The molecule has 1 heterocycles. The second-order valence-electron chi connectivity index (χ2n) is 2.01. The number of nitrogens with two attached hydrogens (primary N) is 1. The van der Waals surface area contributed by atoms with Gasteiger partial charge in [0.2, 0.25) is 0 Å². The summed E-state index contributed by atoms with van der Waals surface area (Å²) in [5.74, 6) is 0.0884. The quantitative estimate of drug-likeness (QED) is 0.439. The van der Waals surface area contributed by atoms with Crippen LogP contribution in [0, 0.1) is 5.41 Å². The first-order valence-corrected chi connectivity index (χ1v) is 2.90. The Balaban J connectivity index is 2.77. The minimum Gasteiger partial charge on any atom is -0.386 e. The lowest BCUT2D eigenvalue weighted by molar-refractivity contribution is 0.600. The Bertz CT molecular complexity index is 214. The maximum atomic E-state index is 7.07. The van der Waals surface area contributed by atoms with Crippen molar-refractivity contribution < 1.29 is 0 Å². The zero-order valence-electron chi connectivity index (χ0n) is 5.65. The average molecular weight is 139 g/mol. The average Bonchev–Trinajstić information content (AvgIpc) is 2.36. The first-order chi connectivity index (χ1) is 4.72. The molecule has 1 atom stereocenters. The summed E-state index contributed by atoms with van der Waals surface area (Å²) in [5.41, 5.74) is 5.22. The van der Waals surface area contributed by atoms with E-state index in [1.165, 1.54) is 17.3 Å². The summed E-state index contributed by atoms with van der Waals surface area (Å²) in [7, 11) is 0. The van der Waals surface area contributed by atoms with E-state index in [1.54, 1.807) is 6.92 Å². The number of hydrogen-bond acceptors (Lipinski definition) is 3. The summed E-state index contributed by atoms with van der Waals surface area (Å²) in [5, 5.41) is 10.9. The van der Waals surface area contributed by atoms with E-state index in [0.29, 0.717) is 0 Å². The maximum absolute atomic E-state index is 7.07. The standard InChI is InChI=1S/C5H9N5/c1-4(5(6)7)10-3-8-2-9-10/h2-4H,1H3,(H3,6,7). The van der Waals surface area contributed by atoms with Crippen molar-refractivity contribution >= 4 is 5.84 Å². The Kier molecular flexibility index (Phi) is 1.66. The SMILES string of the molecule is CC(C(=N)N)n1cncn1. The molecule has 0 fully saturated rings. The third-order valence-corrected chi connectivity index (χ3v) is 1.28. The second kappa shape index (κ2) is 2.47. The summed E-state index contributed by atoms with van der Waals surface area (Å²) < 4.78 is 1.53. The normalized spacial score (nSPS) is 12.9. The van der Waals surface area contributed by atoms with Gasteiger partial charge in [0.05, 0.1) is 0 Å². The topological polar surface area (TPSA) is 80.6 Å². The molecule has 1 unspecified atom stereocenters. The van der Waals surface area contributed by atoms with Gasteiger partial charge in [0.1, 0.15) is 24.5 Å². The molecule has 10 heavy (non-hydrogen) atoms. The van der Waals surface area contributed by atoms with Gasteiger partial charge in [0, 0.05) is 0 Å². The van der Waals surface area contributed by atoms with Crippen LogP contribution in [0.25, 0.3) is 0 Å². The molecule has 0 aromatic carbocycles. The van der Waals surface area contributed by atoms with Crippen LogP contribution in [0.1, 0.15) is 13.0 Å². The van der Waals surface area contributed by atoms with Gasteiger partial charge < -0.3 is 5.73 Å². The molecule has 1 aromatic heterocycles. The molecule has 0 aliphatic rings. The van der Waals surface area contributed by atoms with Crippen LogP contribution in [0.4, 0.5) is 0 Å². The van der Waals surface area contributed by atoms with E-state index >= 15 is 0 Å². The fourth-order valence-electron chi connectivity index (χ4n) is 0.560. The molecular weight excluding hydrogens is 130 g/mol. The highest BCUT2D eigenvalue weighted by atomic mass is 15.3. The lowest BCUT2D eigenvalue weighted by Crippen LogP contribution is -2.23. The van der Waals surface area contributed by atoms with E-state index in [4.69, 9.17) is 11.1 Å². The lowest BCUT2D eigenvalue weighted by atomic mass is 10.3.